The molecule has 0 aliphatic rings. The Morgan fingerprint density at radius 3 is 2.56 bits per heavy atom. The fraction of sp³-hybridized carbons (Fsp3) is 0.0556. The molecule has 0 unspecified atom stereocenters. The summed E-state index contributed by atoms with van der Waals surface area (Å²) in [4.78, 5) is 35.6. The van der Waals surface area contributed by atoms with Gasteiger partial charge in [-0.05, 0) is 30.3 Å². The molecule has 1 aromatic carbocycles. The van der Waals surface area contributed by atoms with Crippen LogP contribution in [0.4, 0.5) is 17.5 Å². The van der Waals surface area contributed by atoms with Gasteiger partial charge in [0.2, 0.25) is 5.95 Å². The van der Waals surface area contributed by atoms with E-state index in [1.807, 2.05) is 0 Å². The third-order valence-electron chi connectivity index (χ3n) is 3.49. The lowest BCUT2D eigenvalue weighted by Gasteiger charge is -2.10. The number of amides is 1. The summed E-state index contributed by atoms with van der Waals surface area (Å²) >= 11 is 0. The van der Waals surface area contributed by atoms with E-state index in [0.717, 1.165) is 5.56 Å². The standard InChI is InChI=1S/C18H16N6O3/c19-13-3-1-2-12(8-13)17(27)23-15-9-14(11-4-6-20-7-5-11)22-18(24-15)21-10-16(25)26/h1-9H,10,19H2,(H,25,26)(H2,21,22,23,24,27). The number of carbonyl (C=O) groups is 2. The van der Waals surface area contributed by atoms with Crippen molar-refractivity contribution in [2.45, 2.75) is 0 Å². The number of pyridine rings is 1. The molecule has 2 heterocycles. The number of carboxylic acid groups (broad SMARTS) is 1. The van der Waals surface area contributed by atoms with Crippen LogP contribution >= 0.6 is 0 Å². The number of aliphatic carboxylic acids is 1. The fourth-order valence-corrected chi connectivity index (χ4v) is 2.28. The summed E-state index contributed by atoms with van der Waals surface area (Å²) in [5.74, 6) is -1.16. The Labute approximate surface area is 154 Å². The largest absolute Gasteiger partial charge is 0.480 e. The second kappa shape index (κ2) is 7.91. The van der Waals surface area contributed by atoms with Gasteiger partial charge in [0.1, 0.15) is 12.4 Å². The molecule has 3 rings (SSSR count). The normalized spacial score (nSPS) is 10.2. The molecular weight excluding hydrogens is 348 g/mol. The maximum Gasteiger partial charge on any atom is 0.322 e. The number of carbonyl (C=O) groups excluding carboxylic acids is 1. The van der Waals surface area contributed by atoms with Gasteiger partial charge in [-0.15, -0.1) is 0 Å². The second-order valence-corrected chi connectivity index (χ2v) is 5.52. The smallest absolute Gasteiger partial charge is 0.322 e. The van der Waals surface area contributed by atoms with Crippen LogP contribution in [0.2, 0.25) is 0 Å². The second-order valence-electron chi connectivity index (χ2n) is 5.52. The summed E-state index contributed by atoms with van der Waals surface area (Å²) < 4.78 is 0. The van der Waals surface area contributed by atoms with E-state index in [1.165, 1.54) is 0 Å². The van der Waals surface area contributed by atoms with Gasteiger partial charge >= 0.3 is 5.97 Å². The zero-order valence-electron chi connectivity index (χ0n) is 14.1. The molecule has 1 amide bonds. The van der Waals surface area contributed by atoms with Gasteiger partial charge in [-0.1, -0.05) is 6.07 Å². The van der Waals surface area contributed by atoms with Crippen LogP contribution < -0.4 is 16.4 Å². The van der Waals surface area contributed by atoms with E-state index in [4.69, 9.17) is 10.8 Å². The molecule has 0 saturated carbocycles. The summed E-state index contributed by atoms with van der Waals surface area (Å²) in [7, 11) is 0. The topological polar surface area (TPSA) is 143 Å². The number of hydrogen-bond donors (Lipinski definition) is 4. The maximum atomic E-state index is 12.4. The van der Waals surface area contributed by atoms with Crippen LogP contribution in [0.25, 0.3) is 11.3 Å². The highest BCUT2D eigenvalue weighted by molar-refractivity contribution is 6.04. The molecule has 0 saturated heterocycles. The number of nitrogens with two attached hydrogens (primary N) is 1. The summed E-state index contributed by atoms with van der Waals surface area (Å²) in [6, 6.07) is 11.6. The molecule has 0 aliphatic heterocycles. The minimum atomic E-state index is -1.06. The molecule has 136 valence electrons. The Kier molecular flexibility index (Phi) is 5.22. The Morgan fingerprint density at radius 1 is 1.07 bits per heavy atom. The third-order valence-corrected chi connectivity index (χ3v) is 3.49. The molecule has 5 N–H and O–H groups in total. The van der Waals surface area contributed by atoms with E-state index in [0.29, 0.717) is 16.9 Å². The first-order chi connectivity index (χ1) is 13.0. The van der Waals surface area contributed by atoms with Crippen molar-refractivity contribution in [3.05, 3.63) is 60.4 Å². The summed E-state index contributed by atoms with van der Waals surface area (Å²) in [5.41, 5.74) is 7.79. The molecule has 9 heteroatoms. The lowest BCUT2D eigenvalue weighted by molar-refractivity contribution is -0.134. The Balaban J connectivity index is 1.92. The van der Waals surface area contributed by atoms with Crippen molar-refractivity contribution >= 4 is 29.3 Å². The fourth-order valence-electron chi connectivity index (χ4n) is 2.28. The van der Waals surface area contributed by atoms with Crippen molar-refractivity contribution in [2.75, 3.05) is 22.9 Å². The monoisotopic (exact) mass is 364 g/mol. The number of nitrogen functional groups attached to an aromatic ring is 1. The summed E-state index contributed by atoms with van der Waals surface area (Å²) in [6.45, 7) is -0.359. The zero-order chi connectivity index (χ0) is 19.2. The summed E-state index contributed by atoms with van der Waals surface area (Å²) in [5, 5.41) is 14.1. The van der Waals surface area contributed by atoms with Gasteiger partial charge in [-0.25, -0.2) is 4.98 Å². The highest BCUT2D eigenvalue weighted by atomic mass is 16.4. The minimum Gasteiger partial charge on any atom is -0.480 e. The van der Waals surface area contributed by atoms with Crippen molar-refractivity contribution < 1.29 is 14.7 Å². The van der Waals surface area contributed by atoms with Crippen LogP contribution in [0.15, 0.2) is 54.9 Å². The van der Waals surface area contributed by atoms with Crippen LogP contribution in [0.5, 0.6) is 0 Å². The molecule has 0 spiro atoms. The average molecular weight is 364 g/mol. The van der Waals surface area contributed by atoms with Gasteiger partial charge < -0.3 is 21.5 Å². The van der Waals surface area contributed by atoms with Crippen LogP contribution in [0.3, 0.4) is 0 Å². The van der Waals surface area contributed by atoms with Gasteiger partial charge in [0.25, 0.3) is 5.91 Å². The van der Waals surface area contributed by atoms with Crippen molar-refractivity contribution in [2.24, 2.45) is 0 Å². The molecule has 9 nitrogen and oxygen atoms in total. The van der Waals surface area contributed by atoms with Crippen molar-refractivity contribution in [3.63, 3.8) is 0 Å². The maximum absolute atomic E-state index is 12.4. The van der Waals surface area contributed by atoms with E-state index >= 15 is 0 Å². The molecule has 27 heavy (non-hydrogen) atoms. The number of carboxylic acids is 1. The zero-order valence-corrected chi connectivity index (χ0v) is 14.1. The molecule has 2 aromatic heterocycles. The van der Waals surface area contributed by atoms with Crippen molar-refractivity contribution in [1.29, 1.82) is 0 Å². The van der Waals surface area contributed by atoms with Crippen LogP contribution in [-0.4, -0.2) is 38.5 Å². The van der Waals surface area contributed by atoms with E-state index < -0.39 is 11.9 Å². The van der Waals surface area contributed by atoms with Gasteiger partial charge in [0.05, 0.1) is 5.69 Å². The Morgan fingerprint density at radius 2 is 1.85 bits per heavy atom. The predicted molar refractivity (Wildman–Crippen MR) is 100 cm³/mol. The molecule has 0 atom stereocenters. The molecule has 0 aliphatic carbocycles. The van der Waals surface area contributed by atoms with Crippen LogP contribution in [-0.2, 0) is 4.79 Å². The molecule has 0 radical (unpaired) electrons. The first kappa shape index (κ1) is 17.8. The van der Waals surface area contributed by atoms with E-state index in [2.05, 4.69) is 25.6 Å². The quantitative estimate of drug-likeness (QED) is 0.485. The number of anilines is 3. The Bertz CT molecular complexity index is 978. The van der Waals surface area contributed by atoms with Gasteiger partial charge in [-0.2, -0.15) is 4.98 Å². The lowest BCUT2D eigenvalue weighted by Crippen LogP contribution is -2.17. The van der Waals surface area contributed by atoms with Crippen molar-refractivity contribution in [3.8, 4) is 11.3 Å². The van der Waals surface area contributed by atoms with E-state index in [9.17, 15) is 9.59 Å². The predicted octanol–water partition coefficient (Wildman–Crippen LogP) is 1.87. The lowest BCUT2D eigenvalue weighted by atomic mass is 10.2. The number of aromatic nitrogens is 3. The van der Waals surface area contributed by atoms with Crippen LogP contribution in [0, 0.1) is 0 Å². The Hall–Kier alpha value is -4.01. The number of rotatable bonds is 6. The van der Waals surface area contributed by atoms with Crippen molar-refractivity contribution in [1.82, 2.24) is 15.0 Å². The molecular formula is C18H16N6O3. The third kappa shape index (κ3) is 4.75. The number of hydrogen-bond acceptors (Lipinski definition) is 7. The first-order valence-electron chi connectivity index (χ1n) is 7.93. The first-order valence-corrected chi connectivity index (χ1v) is 7.93. The van der Waals surface area contributed by atoms with E-state index in [-0.39, 0.29) is 18.3 Å². The van der Waals surface area contributed by atoms with E-state index in [1.54, 1.807) is 54.9 Å². The van der Waals surface area contributed by atoms with Gasteiger partial charge in [-0.3, -0.25) is 14.6 Å². The molecule has 3 aromatic rings. The number of nitrogens with zero attached hydrogens (tertiary/aromatic N) is 3. The highest BCUT2D eigenvalue weighted by Gasteiger charge is 2.12. The number of nitrogens with one attached hydrogen (secondary N) is 2. The average Bonchev–Trinajstić information content (AvgIpc) is 2.67. The van der Waals surface area contributed by atoms with Crippen LogP contribution in [0.1, 0.15) is 10.4 Å². The van der Waals surface area contributed by atoms with Gasteiger partial charge in [0, 0.05) is 35.3 Å². The molecule has 0 bridgehead atoms. The minimum absolute atomic E-state index is 0.0783. The van der Waals surface area contributed by atoms with Gasteiger partial charge in [0.15, 0.2) is 0 Å². The highest BCUT2D eigenvalue weighted by Crippen LogP contribution is 2.21. The SMILES string of the molecule is Nc1cccc(C(=O)Nc2cc(-c3ccncc3)nc(NCC(=O)O)n2)c1. The number of benzene rings is 1. The molecule has 0 fully saturated rings. The summed E-state index contributed by atoms with van der Waals surface area (Å²) in [6.07, 6.45) is 3.21.